The quantitative estimate of drug-likeness (QED) is 0.372. The van der Waals surface area contributed by atoms with E-state index in [2.05, 4.69) is 26.2 Å². The van der Waals surface area contributed by atoms with Crippen molar-refractivity contribution in [2.24, 2.45) is 0 Å². The molecule has 4 nitrogen and oxygen atoms in total. The number of aromatic nitrogens is 1. The van der Waals surface area contributed by atoms with Crippen molar-refractivity contribution < 1.29 is 9.47 Å². The molecule has 0 saturated heterocycles. The minimum atomic E-state index is 0.321. The van der Waals surface area contributed by atoms with Crippen LogP contribution in [0.15, 0.2) is 59.3 Å². The smallest absolute Gasteiger partial charge is 0.162 e. The van der Waals surface area contributed by atoms with Gasteiger partial charge in [0.15, 0.2) is 11.5 Å². The van der Waals surface area contributed by atoms with Crippen molar-refractivity contribution >= 4 is 39.1 Å². The lowest BCUT2D eigenvalue weighted by Gasteiger charge is -2.16. The van der Waals surface area contributed by atoms with Gasteiger partial charge in [0.2, 0.25) is 0 Å². The van der Waals surface area contributed by atoms with Crippen molar-refractivity contribution in [1.82, 2.24) is 10.3 Å². The van der Waals surface area contributed by atoms with Crippen molar-refractivity contribution in [3.05, 3.63) is 86.1 Å². The predicted octanol–water partition coefficient (Wildman–Crippen LogP) is 6.42. The zero-order chi connectivity index (χ0) is 20.6. The maximum atomic E-state index is 6.24. The summed E-state index contributed by atoms with van der Waals surface area (Å²) in [5, 5.41) is 4.59. The molecule has 1 N–H and O–H groups in total. The number of hydrogen-bond acceptors (Lipinski definition) is 4. The highest BCUT2D eigenvalue weighted by Crippen LogP contribution is 2.35. The van der Waals surface area contributed by atoms with Crippen molar-refractivity contribution in [3.63, 3.8) is 0 Å². The van der Waals surface area contributed by atoms with Crippen LogP contribution in [-0.2, 0) is 19.7 Å². The Bertz CT molecular complexity index is 955. The third-order valence-corrected chi connectivity index (χ3v) is 5.50. The molecule has 0 bridgehead atoms. The van der Waals surface area contributed by atoms with Crippen LogP contribution in [-0.4, -0.2) is 11.6 Å². The van der Waals surface area contributed by atoms with Gasteiger partial charge in [0.25, 0.3) is 0 Å². The minimum absolute atomic E-state index is 0.321. The molecule has 1 heterocycles. The molecule has 0 saturated carbocycles. The maximum absolute atomic E-state index is 6.24. The number of nitrogens with one attached hydrogen (secondary N) is 1. The van der Waals surface area contributed by atoms with Crippen molar-refractivity contribution in [1.29, 1.82) is 0 Å². The van der Waals surface area contributed by atoms with E-state index in [4.69, 9.17) is 32.7 Å². The number of benzene rings is 2. The Morgan fingerprint density at radius 1 is 1.00 bits per heavy atom. The summed E-state index contributed by atoms with van der Waals surface area (Å²) in [6.07, 6.45) is 3.62. The van der Waals surface area contributed by atoms with E-state index in [1.807, 2.05) is 43.5 Å². The van der Waals surface area contributed by atoms with E-state index in [-0.39, 0.29) is 0 Å². The Morgan fingerprint density at radius 3 is 2.55 bits per heavy atom. The first-order valence-corrected chi connectivity index (χ1v) is 10.7. The van der Waals surface area contributed by atoms with Gasteiger partial charge in [-0.25, -0.2) is 0 Å². The molecule has 0 amide bonds. The standard InChI is InChI=1S/C22H21BrCl2N2O2/c1-2-28-21-8-17(13-27-12-15-4-3-7-26-11-15)19(23)10-22(21)29-14-16-5-6-18(24)9-20(16)25/h3-11,27H,2,12-14H2,1H3. The first-order valence-electron chi connectivity index (χ1n) is 9.18. The summed E-state index contributed by atoms with van der Waals surface area (Å²) >= 11 is 15.8. The van der Waals surface area contributed by atoms with Crippen LogP contribution in [0.5, 0.6) is 11.5 Å². The summed E-state index contributed by atoms with van der Waals surface area (Å²) in [5.74, 6) is 1.35. The van der Waals surface area contributed by atoms with Crippen LogP contribution in [0.3, 0.4) is 0 Å². The van der Waals surface area contributed by atoms with Gasteiger partial charge in [-0.15, -0.1) is 0 Å². The maximum Gasteiger partial charge on any atom is 0.162 e. The number of ether oxygens (including phenoxy) is 2. The molecule has 2 aromatic carbocycles. The van der Waals surface area contributed by atoms with Gasteiger partial charge in [0, 0.05) is 45.6 Å². The third-order valence-electron chi connectivity index (χ3n) is 4.18. The first-order chi connectivity index (χ1) is 14.1. The molecule has 0 unspecified atom stereocenters. The lowest BCUT2D eigenvalue weighted by Crippen LogP contribution is -2.13. The molecule has 3 aromatic rings. The van der Waals surface area contributed by atoms with Crippen LogP contribution in [0.25, 0.3) is 0 Å². The SMILES string of the molecule is CCOc1cc(CNCc2cccnc2)c(Br)cc1OCc1ccc(Cl)cc1Cl. The zero-order valence-electron chi connectivity index (χ0n) is 15.9. The highest BCUT2D eigenvalue weighted by atomic mass is 79.9. The molecule has 0 atom stereocenters. The van der Waals surface area contributed by atoms with E-state index in [1.54, 1.807) is 18.3 Å². The zero-order valence-corrected chi connectivity index (χ0v) is 19.0. The Kier molecular flexibility index (Phi) is 8.19. The average Bonchev–Trinajstić information content (AvgIpc) is 2.71. The second-order valence-electron chi connectivity index (χ2n) is 6.31. The fourth-order valence-electron chi connectivity index (χ4n) is 2.73. The summed E-state index contributed by atoms with van der Waals surface area (Å²) in [4.78, 5) is 4.13. The molecular formula is C22H21BrCl2N2O2. The molecule has 152 valence electrons. The number of hydrogen-bond donors (Lipinski definition) is 1. The molecular weight excluding hydrogens is 475 g/mol. The molecule has 0 spiro atoms. The third kappa shape index (κ3) is 6.34. The van der Waals surface area contributed by atoms with Crippen LogP contribution in [0, 0.1) is 0 Å². The normalized spacial score (nSPS) is 10.8. The van der Waals surface area contributed by atoms with Gasteiger partial charge in [0.1, 0.15) is 6.61 Å². The second kappa shape index (κ2) is 10.8. The van der Waals surface area contributed by atoms with Crippen LogP contribution >= 0.6 is 39.1 Å². The van der Waals surface area contributed by atoms with Gasteiger partial charge < -0.3 is 14.8 Å². The van der Waals surface area contributed by atoms with Gasteiger partial charge in [-0.3, -0.25) is 4.98 Å². The number of nitrogens with zero attached hydrogens (tertiary/aromatic N) is 1. The lowest BCUT2D eigenvalue weighted by atomic mass is 10.2. The number of rotatable bonds is 9. The van der Waals surface area contributed by atoms with E-state index in [0.29, 0.717) is 41.3 Å². The van der Waals surface area contributed by atoms with E-state index in [9.17, 15) is 0 Å². The lowest BCUT2D eigenvalue weighted by molar-refractivity contribution is 0.269. The van der Waals surface area contributed by atoms with Crippen molar-refractivity contribution in [2.45, 2.75) is 26.6 Å². The molecule has 0 aliphatic heterocycles. The topological polar surface area (TPSA) is 43.4 Å². The van der Waals surface area contributed by atoms with Gasteiger partial charge in [-0.2, -0.15) is 0 Å². The molecule has 29 heavy (non-hydrogen) atoms. The monoisotopic (exact) mass is 494 g/mol. The molecule has 7 heteroatoms. The highest BCUT2D eigenvalue weighted by molar-refractivity contribution is 9.10. The highest BCUT2D eigenvalue weighted by Gasteiger charge is 2.12. The van der Waals surface area contributed by atoms with Gasteiger partial charge in [0.05, 0.1) is 6.61 Å². The number of pyridine rings is 1. The van der Waals surface area contributed by atoms with Crippen LogP contribution in [0.2, 0.25) is 10.0 Å². The van der Waals surface area contributed by atoms with Crippen LogP contribution in [0.1, 0.15) is 23.6 Å². The van der Waals surface area contributed by atoms with Crippen molar-refractivity contribution in [2.75, 3.05) is 6.61 Å². The van der Waals surface area contributed by atoms with Crippen LogP contribution in [0.4, 0.5) is 0 Å². The summed E-state index contributed by atoms with van der Waals surface area (Å²) < 4.78 is 12.7. The molecule has 0 aliphatic rings. The molecule has 0 aliphatic carbocycles. The van der Waals surface area contributed by atoms with Gasteiger partial charge in [-0.05, 0) is 48.4 Å². The summed E-state index contributed by atoms with van der Waals surface area (Å²) in [6.45, 7) is 4.22. The fourth-order valence-corrected chi connectivity index (χ4v) is 3.66. The Labute approximate surface area is 189 Å². The van der Waals surface area contributed by atoms with E-state index in [1.165, 1.54) is 0 Å². The van der Waals surface area contributed by atoms with E-state index >= 15 is 0 Å². The molecule has 0 fully saturated rings. The average molecular weight is 496 g/mol. The molecule has 1 aromatic heterocycles. The number of halogens is 3. The summed E-state index contributed by atoms with van der Waals surface area (Å²) in [6, 6.07) is 13.2. The fraction of sp³-hybridized carbons (Fsp3) is 0.227. The van der Waals surface area contributed by atoms with E-state index in [0.717, 1.165) is 27.7 Å². The largest absolute Gasteiger partial charge is 0.490 e. The molecule has 0 radical (unpaired) electrons. The van der Waals surface area contributed by atoms with Gasteiger partial charge >= 0.3 is 0 Å². The summed E-state index contributed by atoms with van der Waals surface area (Å²) in [7, 11) is 0. The van der Waals surface area contributed by atoms with E-state index < -0.39 is 0 Å². The first kappa shape index (κ1) is 21.9. The Hall–Kier alpha value is -1.79. The minimum Gasteiger partial charge on any atom is -0.490 e. The second-order valence-corrected chi connectivity index (χ2v) is 8.01. The Balaban J connectivity index is 1.69. The van der Waals surface area contributed by atoms with Crippen LogP contribution < -0.4 is 14.8 Å². The summed E-state index contributed by atoms with van der Waals surface area (Å²) in [5.41, 5.74) is 3.07. The predicted molar refractivity (Wildman–Crippen MR) is 121 cm³/mol. The van der Waals surface area contributed by atoms with Crippen molar-refractivity contribution in [3.8, 4) is 11.5 Å². The van der Waals surface area contributed by atoms with Gasteiger partial charge in [-0.1, -0.05) is 51.3 Å². The molecule has 3 rings (SSSR count). The Morgan fingerprint density at radius 2 is 1.83 bits per heavy atom.